The summed E-state index contributed by atoms with van der Waals surface area (Å²) in [5, 5.41) is 0. The van der Waals surface area contributed by atoms with Crippen molar-refractivity contribution in [1.82, 2.24) is 19.7 Å². The number of likely N-dealkylation sites (N-methyl/N-ethyl adjacent to an activating group) is 1. The summed E-state index contributed by atoms with van der Waals surface area (Å²) >= 11 is 0. The van der Waals surface area contributed by atoms with Crippen LogP contribution in [0.15, 0.2) is 24.4 Å². The molecule has 0 aromatic carbocycles. The summed E-state index contributed by atoms with van der Waals surface area (Å²) in [6, 6.07) is 6.60. The lowest BCUT2D eigenvalue weighted by Crippen LogP contribution is -2.51. The van der Waals surface area contributed by atoms with Crippen molar-refractivity contribution in [2.24, 2.45) is 0 Å². The van der Waals surface area contributed by atoms with Crippen LogP contribution in [0.4, 0.5) is 0 Å². The molecule has 0 spiro atoms. The van der Waals surface area contributed by atoms with Gasteiger partial charge >= 0.3 is 0 Å². The number of aromatic nitrogens is 1. The van der Waals surface area contributed by atoms with E-state index in [2.05, 4.69) is 28.8 Å². The van der Waals surface area contributed by atoms with Crippen molar-refractivity contribution in [1.29, 1.82) is 0 Å². The van der Waals surface area contributed by atoms with Crippen LogP contribution in [-0.4, -0.2) is 90.7 Å². The Morgan fingerprint density at radius 3 is 2.64 bits per heavy atom. The van der Waals surface area contributed by atoms with Gasteiger partial charge in [0.05, 0.1) is 13.2 Å². The van der Waals surface area contributed by atoms with Gasteiger partial charge in [-0.3, -0.25) is 14.7 Å². The number of carbonyl (C=O) groups excluding carboxylic acids is 1. The quantitative estimate of drug-likeness (QED) is 0.805. The highest BCUT2D eigenvalue weighted by Gasteiger charge is 2.28. The number of likely N-dealkylation sites (tertiary alicyclic amines) is 1. The minimum Gasteiger partial charge on any atom is -0.379 e. The topological polar surface area (TPSA) is 48.9 Å². The third-order valence-corrected chi connectivity index (χ3v) is 5.48. The van der Waals surface area contributed by atoms with Gasteiger partial charge in [0, 0.05) is 51.0 Å². The van der Waals surface area contributed by atoms with Crippen molar-refractivity contribution in [2.45, 2.75) is 31.8 Å². The van der Waals surface area contributed by atoms with E-state index in [1.165, 1.54) is 0 Å². The number of ether oxygens (including phenoxy) is 1. The number of hydrogen-bond donors (Lipinski definition) is 0. The summed E-state index contributed by atoms with van der Waals surface area (Å²) in [7, 11) is 2.22. The Labute approximate surface area is 150 Å². The molecule has 0 bridgehead atoms. The Balaban J connectivity index is 1.45. The van der Waals surface area contributed by atoms with Gasteiger partial charge in [-0.1, -0.05) is 6.07 Å². The molecule has 0 saturated carbocycles. The van der Waals surface area contributed by atoms with Crippen LogP contribution in [0.25, 0.3) is 0 Å². The molecule has 6 heteroatoms. The summed E-state index contributed by atoms with van der Waals surface area (Å²) in [6.07, 6.45) is 3.75. The van der Waals surface area contributed by atoms with Crippen molar-refractivity contribution < 1.29 is 9.53 Å². The first kappa shape index (κ1) is 18.3. The molecule has 1 atom stereocenters. The first-order chi connectivity index (χ1) is 12.1. The Bertz CT molecular complexity index is 540. The first-order valence-corrected chi connectivity index (χ1v) is 9.37. The van der Waals surface area contributed by atoms with Crippen molar-refractivity contribution in [3.05, 3.63) is 30.1 Å². The molecule has 2 fully saturated rings. The summed E-state index contributed by atoms with van der Waals surface area (Å²) in [5.74, 6) is 0.0587. The highest BCUT2D eigenvalue weighted by atomic mass is 16.5. The second kappa shape index (κ2) is 8.74. The van der Waals surface area contributed by atoms with Gasteiger partial charge in [-0.05, 0) is 38.9 Å². The molecule has 3 heterocycles. The molecular formula is C19H30N4O2. The molecule has 0 N–H and O–H groups in total. The van der Waals surface area contributed by atoms with E-state index in [1.807, 2.05) is 17.0 Å². The largest absolute Gasteiger partial charge is 0.379 e. The van der Waals surface area contributed by atoms with E-state index >= 15 is 0 Å². The molecule has 2 aliphatic rings. The number of rotatable bonds is 5. The molecule has 138 valence electrons. The second-order valence-electron chi connectivity index (χ2n) is 7.18. The fraction of sp³-hybridized carbons (Fsp3) is 0.684. The number of hydrogen-bond acceptors (Lipinski definition) is 5. The summed E-state index contributed by atoms with van der Waals surface area (Å²) in [5.41, 5.74) is 0.551. The maximum absolute atomic E-state index is 12.5. The predicted molar refractivity (Wildman–Crippen MR) is 97.6 cm³/mol. The molecule has 0 radical (unpaired) electrons. The lowest BCUT2D eigenvalue weighted by molar-refractivity contribution is 0.00865. The Hall–Kier alpha value is -1.50. The number of carbonyl (C=O) groups is 1. The number of pyridine rings is 1. The zero-order valence-corrected chi connectivity index (χ0v) is 15.4. The smallest absolute Gasteiger partial charge is 0.272 e. The summed E-state index contributed by atoms with van der Waals surface area (Å²) in [4.78, 5) is 23.6. The number of piperidine rings is 1. The fourth-order valence-corrected chi connectivity index (χ4v) is 3.86. The van der Waals surface area contributed by atoms with Gasteiger partial charge in [0.25, 0.3) is 5.91 Å². The monoisotopic (exact) mass is 346 g/mol. The molecule has 6 nitrogen and oxygen atoms in total. The standard InChI is InChI=1S/C19H30N4O2/c1-16(22-11-13-25-14-12-22)15-21(2)17-6-9-23(10-7-17)19(24)18-5-3-4-8-20-18/h3-5,8,16-17H,6-7,9-15H2,1-2H3/t16-/m1/s1. The van der Waals surface area contributed by atoms with E-state index in [1.54, 1.807) is 12.3 Å². The van der Waals surface area contributed by atoms with E-state index in [-0.39, 0.29) is 5.91 Å². The molecular weight excluding hydrogens is 316 g/mol. The third kappa shape index (κ3) is 4.77. The van der Waals surface area contributed by atoms with Crippen LogP contribution in [0.2, 0.25) is 0 Å². The fourth-order valence-electron chi connectivity index (χ4n) is 3.86. The minimum absolute atomic E-state index is 0.0587. The van der Waals surface area contributed by atoms with Gasteiger partial charge in [0.1, 0.15) is 5.69 Å². The van der Waals surface area contributed by atoms with Gasteiger partial charge in [-0.2, -0.15) is 0 Å². The number of nitrogens with zero attached hydrogens (tertiary/aromatic N) is 4. The van der Waals surface area contributed by atoms with Crippen molar-refractivity contribution in [3.8, 4) is 0 Å². The predicted octanol–water partition coefficient (Wildman–Crippen LogP) is 1.34. The second-order valence-corrected chi connectivity index (χ2v) is 7.18. The van der Waals surface area contributed by atoms with Gasteiger partial charge in [-0.15, -0.1) is 0 Å². The van der Waals surface area contributed by atoms with Crippen LogP contribution < -0.4 is 0 Å². The van der Waals surface area contributed by atoms with Crippen LogP contribution >= 0.6 is 0 Å². The highest BCUT2D eigenvalue weighted by Crippen LogP contribution is 2.18. The summed E-state index contributed by atoms with van der Waals surface area (Å²) in [6.45, 7) is 8.77. The number of morpholine rings is 1. The van der Waals surface area contributed by atoms with E-state index in [0.717, 1.165) is 58.8 Å². The molecule has 2 saturated heterocycles. The Kier molecular flexibility index (Phi) is 6.39. The van der Waals surface area contributed by atoms with E-state index in [0.29, 0.717) is 17.8 Å². The van der Waals surface area contributed by atoms with Gasteiger partial charge < -0.3 is 14.5 Å². The maximum atomic E-state index is 12.5. The zero-order chi connectivity index (χ0) is 17.6. The third-order valence-electron chi connectivity index (χ3n) is 5.48. The molecule has 0 unspecified atom stereocenters. The van der Waals surface area contributed by atoms with Crippen LogP contribution in [-0.2, 0) is 4.74 Å². The highest BCUT2D eigenvalue weighted by molar-refractivity contribution is 5.92. The number of amides is 1. The first-order valence-electron chi connectivity index (χ1n) is 9.37. The molecule has 0 aliphatic carbocycles. The van der Waals surface area contributed by atoms with E-state index in [4.69, 9.17) is 4.74 Å². The van der Waals surface area contributed by atoms with Gasteiger partial charge in [0.15, 0.2) is 0 Å². The Morgan fingerprint density at radius 1 is 1.28 bits per heavy atom. The van der Waals surface area contributed by atoms with Crippen LogP contribution in [0, 0.1) is 0 Å². The van der Waals surface area contributed by atoms with Gasteiger partial charge in [0.2, 0.25) is 0 Å². The van der Waals surface area contributed by atoms with Crippen molar-refractivity contribution in [2.75, 3.05) is 53.0 Å². The molecule has 2 aliphatic heterocycles. The molecule has 25 heavy (non-hydrogen) atoms. The lowest BCUT2D eigenvalue weighted by atomic mass is 10.0. The zero-order valence-electron chi connectivity index (χ0n) is 15.4. The van der Waals surface area contributed by atoms with Crippen LogP contribution in [0.3, 0.4) is 0 Å². The van der Waals surface area contributed by atoms with Crippen LogP contribution in [0.1, 0.15) is 30.3 Å². The van der Waals surface area contributed by atoms with Crippen molar-refractivity contribution in [3.63, 3.8) is 0 Å². The minimum atomic E-state index is 0.0587. The van der Waals surface area contributed by atoms with E-state index < -0.39 is 0 Å². The van der Waals surface area contributed by atoms with Crippen LogP contribution in [0.5, 0.6) is 0 Å². The maximum Gasteiger partial charge on any atom is 0.272 e. The summed E-state index contributed by atoms with van der Waals surface area (Å²) < 4.78 is 5.44. The van der Waals surface area contributed by atoms with Crippen molar-refractivity contribution >= 4 is 5.91 Å². The molecule has 1 aromatic heterocycles. The van der Waals surface area contributed by atoms with E-state index in [9.17, 15) is 4.79 Å². The average molecular weight is 346 g/mol. The van der Waals surface area contributed by atoms with Gasteiger partial charge in [-0.25, -0.2) is 0 Å². The molecule has 1 aromatic rings. The molecule has 1 amide bonds. The Morgan fingerprint density at radius 2 is 2.00 bits per heavy atom. The lowest BCUT2D eigenvalue weighted by Gasteiger charge is -2.40. The SMILES string of the molecule is C[C@H](CN(C)C1CCN(C(=O)c2ccccn2)CC1)N1CCOCC1. The normalized spacial score (nSPS) is 21.5. The molecule has 3 rings (SSSR count). The average Bonchev–Trinajstić information content (AvgIpc) is 2.69.